The largest absolute Gasteiger partial charge is 0.316 e. The highest BCUT2D eigenvalue weighted by atomic mass is 31.0. The molecule has 7 aliphatic rings. The predicted molar refractivity (Wildman–Crippen MR) is 148 cm³/mol. The summed E-state index contributed by atoms with van der Waals surface area (Å²) in [5.41, 5.74) is 2.49. The van der Waals surface area contributed by atoms with Gasteiger partial charge in [-0.1, -0.05) is 44.6 Å². The zero-order chi connectivity index (χ0) is 23.1. The molecule has 0 aromatic carbocycles. The fourth-order valence-electron chi connectivity index (χ4n) is 10.4. The van der Waals surface area contributed by atoms with Crippen molar-refractivity contribution in [2.75, 3.05) is 26.2 Å². The molecule has 0 amide bonds. The summed E-state index contributed by atoms with van der Waals surface area (Å²) in [6.07, 6.45) is 19.4. The lowest BCUT2D eigenvalue weighted by atomic mass is 9.41. The van der Waals surface area contributed by atoms with E-state index in [4.69, 9.17) is 0 Å². The van der Waals surface area contributed by atoms with E-state index in [0.717, 1.165) is 29.6 Å². The monoisotopic (exact) mass is 486 g/mol. The van der Waals surface area contributed by atoms with E-state index in [1.807, 2.05) is 0 Å². The van der Waals surface area contributed by atoms with Crippen LogP contribution in [-0.2, 0) is 0 Å². The second-order valence-electron chi connectivity index (χ2n) is 14.1. The van der Waals surface area contributed by atoms with Crippen LogP contribution in [0, 0.1) is 46.3 Å². The smallest absolute Gasteiger partial charge is 0.0147 e. The van der Waals surface area contributed by atoms with E-state index in [1.54, 1.807) is 5.57 Å². The summed E-state index contributed by atoms with van der Waals surface area (Å²) >= 11 is 0. The maximum absolute atomic E-state index is 3.73. The molecule has 2 nitrogen and oxygen atoms in total. The first-order valence-electron chi connectivity index (χ1n) is 14.1. The summed E-state index contributed by atoms with van der Waals surface area (Å²) < 4.78 is 0. The van der Waals surface area contributed by atoms with Crippen molar-refractivity contribution in [3.05, 3.63) is 23.8 Å². The van der Waals surface area contributed by atoms with Gasteiger partial charge in [0, 0.05) is 16.2 Å². The standard InChI is InChI=1S/C29H48N2P2/c1-26(2,3)29(33,27-14-19-11-20(15-27)13-21(12-19)16-27)25-6-4-5-24(25)28(32,22-7-9-30-17-22)23-8-10-31-18-23/h4-6,19-23,25,30-31H,7-18,32-33H2,1-3H3. The maximum atomic E-state index is 3.73. The highest BCUT2D eigenvalue weighted by Crippen LogP contribution is 2.72. The van der Waals surface area contributed by atoms with E-state index < -0.39 is 0 Å². The van der Waals surface area contributed by atoms with Gasteiger partial charge in [0.15, 0.2) is 0 Å². The van der Waals surface area contributed by atoms with E-state index in [1.165, 1.54) is 77.5 Å². The number of rotatable bonds is 5. The lowest BCUT2D eigenvalue weighted by molar-refractivity contribution is -0.106. The average Bonchev–Trinajstić information content (AvgIpc) is 3.54. The summed E-state index contributed by atoms with van der Waals surface area (Å²) in [5, 5.41) is 7.88. The van der Waals surface area contributed by atoms with Gasteiger partial charge in [0.05, 0.1) is 0 Å². The Kier molecular flexibility index (Phi) is 5.83. The van der Waals surface area contributed by atoms with Crippen molar-refractivity contribution in [3.8, 4) is 0 Å². The van der Waals surface area contributed by atoms with Gasteiger partial charge in [-0.2, -0.15) is 0 Å². The molecule has 0 aromatic heterocycles. The van der Waals surface area contributed by atoms with Crippen LogP contribution in [0.15, 0.2) is 23.8 Å². The van der Waals surface area contributed by atoms with Gasteiger partial charge in [-0.05, 0) is 118 Å². The van der Waals surface area contributed by atoms with Crippen molar-refractivity contribution in [2.24, 2.45) is 46.3 Å². The maximum Gasteiger partial charge on any atom is 0.0147 e. The number of allylic oxidation sites excluding steroid dienone is 4. The molecule has 2 saturated heterocycles. The van der Waals surface area contributed by atoms with Crippen molar-refractivity contribution in [2.45, 2.75) is 82.4 Å². The SMILES string of the molecule is CC(C)(C)C(P)(C1C=CC=C1C(P)(C1CCNC1)C1CCNC1)C12CC3CC(CC(C3)C1)C2. The van der Waals surface area contributed by atoms with Crippen LogP contribution in [0.5, 0.6) is 0 Å². The third-order valence-electron chi connectivity index (χ3n) is 11.5. The van der Waals surface area contributed by atoms with Crippen molar-refractivity contribution in [1.29, 1.82) is 0 Å². The van der Waals surface area contributed by atoms with Gasteiger partial charge in [-0.15, -0.1) is 18.5 Å². The summed E-state index contributed by atoms with van der Waals surface area (Å²) in [7, 11) is 7.17. The minimum atomic E-state index is 0.205. The minimum Gasteiger partial charge on any atom is -0.316 e. The van der Waals surface area contributed by atoms with E-state index in [2.05, 4.69) is 68.1 Å². The van der Waals surface area contributed by atoms with Crippen LogP contribution in [-0.4, -0.2) is 36.5 Å². The van der Waals surface area contributed by atoms with Gasteiger partial charge in [0.25, 0.3) is 0 Å². The lowest BCUT2D eigenvalue weighted by Crippen LogP contribution is -2.64. The first kappa shape index (κ1) is 23.6. The molecule has 5 aliphatic carbocycles. The van der Waals surface area contributed by atoms with E-state index in [9.17, 15) is 0 Å². The van der Waals surface area contributed by atoms with Gasteiger partial charge in [0.1, 0.15) is 0 Å². The Hall–Kier alpha value is 0.260. The number of nitrogens with one attached hydrogen (secondary N) is 2. The molecule has 6 fully saturated rings. The highest BCUT2D eigenvalue weighted by Gasteiger charge is 2.66. The molecule has 33 heavy (non-hydrogen) atoms. The molecular weight excluding hydrogens is 438 g/mol. The highest BCUT2D eigenvalue weighted by molar-refractivity contribution is 7.20. The Bertz CT molecular complexity index is 776. The van der Waals surface area contributed by atoms with Gasteiger partial charge in [0.2, 0.25) is 0 Å². The zero-order valence-corrected chi connectivity index (χ0v) is 23.6. The minimum absolute atomic E-state index is 0.205. The average molecular weight is 487 g/mol. The third-order valence-corrected chi connectivity index (χ3v) is 14.6. The second-order valence-corrected chi connectivity index (χ2v) is 16.0. The summed E-state index contributed by atoms with van der Waals surface area (Å²) in [6, 6.07) is 0. The van der Waals surface area contributed by atoms with Crippen molar-refractivity contribution < 1.29 is 0 Å². The van der Waals surface area contributed by atoms with Gasteiger partial charge >= 0.3 is 0 Å². The second kappa shape index (κ2) is 8.13. The molecule has 2 N–H and O–H groups in total. The van der Waals surface area contributed by atoms with Crippen LogP contribution in [0.1, 0.15) is 72.1 Å². The van der Waals surface area contributed by atoms with Crippen LogP contribution < -0.4 is 10.6 Å². The molecule has 4 saturated carbocycles. The predicted octanol–water partition coefficient (Wildman–Crippen LogP) is 5.81. The lowest BCUT2D eigenvalue weighted by Gasteiger charge is -2.68. The summed E-state index contributed by atoms with van der Waals surface area (Å²) in [4.78, 5) is 0. The van der Waals surface area contributed by atoms with Crippen LogP contribution in [0.3, 0.4) is 0 Å². The molecular formula is C29H48N2P2. The van der Waals surface area contributed by atoms with Crippen LogP contribution >= 0.6 is 18.5 Å². The number of hydrogen-bond acceptors (Lipinski definition) is 2. The molecule has 4 heteroatoms. The molecule has 0 radical (unpaired) electrons. The van der Waals surface area contributed by atoms with E-state index >= 15 is 0 Å². The Morgan fingerprint density at radius 2 is 1.36 bits per heavy atom. The first-order valence-corrected chi connectivity index (χ1v) is 15.2. The Balaban J connectivity index is 1.44. The van der Waals surface area contributed by atoms with E-state index in [0.29, 0.717) is 11.3 Å². The fourth-order valence-corrected chi connectivity index (χ4v) is 11.9. The topological polar surface area (TPSA) is 24.1 Å². The normalized spacial score (nSPS) is 45.9. The third kappa shape index (κ3) is 3.40. The molecule has 6 unspecified atom stereocenters. The molecule has 2 aliphatic heterocycles. The van der Waals surface area contributed by atoms with Crippen molar-refractivity contribution in [1.82, 2.24) is 10.6 Å². The van der Waals surface area contributed by atoms with Gasteiger partial charge < -0.3 is 10.6 Å². The quantitative estimate of drug-likeness (QED) is 0.480. The molecule has 6 atom stereocenters. The number of hydrogen-bond donors (Lipinski definition) is 2. The molecule has 0 spiro atoms. The summed E-state index contributed by atoms with van der Waals surface area (Å²) in [6.45, 7) is 12.4. The Morgan fingerprint density at radius 1 is 0.848 bits per heavy atom. The van der Waals surface area contributed by atoms with Crippen LogP contribution in [0.4, 0.5) is 0 Å². The zero-order valence-electron chi connectivity index (χ0n) is 21.3. The van der Waals surface area contributed by atoms with Gasteiger partial charge in [-0.3, -0.25) is 0 Å². The molecule has 184 valence electrons. The first-order chi connectivity index (χ1) is 15.7. The summed E-state index contributed by atoms with van der Waals surface area (Å²) in [5.74, 6) is 4.98. The van der Waals surface area contributed by atoms with Crippen molar-refractivity contribution in [3.63, 3.8) is 0 Å². The fraction of sp³-hybridized carbons (Fsp3) is 0.862. The van der Waals surface area contributed by atoms with Crippen molar-refractivity contribution >= 4 is 18.5 Å². The van der Waals surface area contributed by atoms with E-state index in [-0.39, 0.29) is 15.7 Å². The molecule has 7 rings (SSSR count). The molecule has 2 heterocycles. The van der Waals surface area contributed by atoms with Crippen LogP contribution in [0.2, 0.25) is 0 Å². The molecule has 0 aromatic rings. The van der Waals surface area contributed by atoms with Gasteiger partial charge in [-0.25, -0.2) is 0 Å². The van der Waals surface area contributed by atoms with Crippen LogP contribution in [0.25, 0.3) is 0 Å². The Labute approximate surface area is 207 Å². The molecule has 4 bridgehead atoms. The Morgan fingerprint density at radius 3 is 1.79 bits per heavy atom.